The van der Waals surface area contributed by atoms with E-state index in [0.29, 0.717) is 6.61 Å². The molecule has 0 saturated carbocycles. The average molecular weight is 206 g/mol. The first-order chi connectivity index (χ1) is 6.41. The summed E-state index contributed by atoms with van der Waals surface area (Å²) < 4.78 is 10.4. The third-order valence-corrected chi connectivity index (χ3v) is 1.57. The second-order valence-electron chi connectivity index (χ2n) is 3.38. The number of carboxylic acids is 1. The third kappa shape index (κ3) is 5.90. The Morgan fingerprint density at radius 3 is 2.21 bits per heavy atom. The average Bonchev–Trinajstić information content (AvgIpc) is 2.46. The fraction of sp³-hybridized carbons (Fsp3) is 0.889. The molecule has 0 aromatic carbocycles. The maximum Gasteiger partial charge on any atom is 0.303 e. The predicted molar refractivity (Wildman–Crippen MR) is 49.9 cm³/mol. The second-order valence-corrected chi connectivity index (χ2v) is 3.38. The summed E-state index contributed by atoms with van der Waals surface area (Å²) in [5.41, 5.74) is 0. The molecule has 1 atom stereocenters. The van der Waals surface area contributed by atoms with E-state index in [1.807, 2.05) is 13.8 Å². The molecular formula is C9H18O5. The van der Waals surface area contributed by atoms with Gasteiger partial charge in [0.1, 0.15) is 6.10 Å². The molecule has 84 valence electrons. The first-order valence-electron chi connectivity index (χ1n) is 4.55. The van der Waals surface area contributed by atoms with Gasteiger partial charge in [0.05, 0.1) is 13.2 Å². The van der Waals surface area contributed by atoms with E-state index < -0.39 is 11.8 Å². The van der Waals surface area contributed by atoms with Crippen LogP contribution in [0.25, 0.3) is 0 Å². The van der Waals surface area contributed by atoms with E-state index in [2.05, 4.69) is 0 Å². The highest BCUT2D eigenvalue weighted by atomic mass is 16.7. The van der Waals surface area contributed by atoms with Gasteiger partial charge in [0.2, 0.25) is 0 Å². The van der Waals surface area contributed by atoms with Gasteiger partial charge < -0.3 is 19.7 Å². The highest BCUT2D eigenvalue weighted by molar-refractivity contribution is 5.66. The Kier molecular flexibility index (Phi) is 5.68. The van der Waals surface area contributed by atoms with Crippen molar-refractivity contribution in [1.82, 2.24) is 0 Å². The molecule has 0 amide bonds. The van der Waals surface area contributed by atoms with E-state index in [0.717, 1.165) is 0 Å². The van der Waals surface area contributed by atoms with Gasteiger partial charge in [-0.3, -0.25) is 4.79 Å². The fourth-order valence-corrected chi connectivity index (χ4v) is 0.853. The van der Waals surface area contributed by atoms with E-state index in [4.69, 9.17) is 19.7 Å². The van der Waals surface area contributed by atoms with Gasteiger partial charge in [0, 0.05) is 6.42 Å². The van der Waals surface area contributed by atoms with Crippen LogP contribution < -0.4 is 0 Å². The number of carboxylic acid groups (broad SMARTS) is 1. The Bertz CT molecular complexity index is 178. The molecule has 1 heterocycles. The van der Waals surface area contributed by atoms with Crippen LogP contribution in [0.15, 0.2) is 0 Å². The maximum atomic E-state index is 9.37. The zero-order chi connectivity index (χ0) is 11.2. The number of aliphatic hydroxyl groups is 1. The third-order valence-electron chi connectivity index (χ3n) is 1.57. The molecule has 0 aromatic heterocycles. The van der Waals surface area contributed by atoms with Gasteiger partial charge >= 0.3 is 5.97 Å². The van der Waals surface area contributed by atoms with Gasteiger partial charge in [0.15, 0.2) is 5.79 Å². The Balaban J connectivity index is 0.000000292. The van der Waals surface area contributed by atoms with Crippen molar-refractivity contribution < 1.29 is 24.5 Å². The van der Waals surface area contributed by atoms with Crippen LogP contribution in [0.1, 0.15) is 27.2 Å². The van der Waals surface area contributed by atoms with Crippen LogP contribution in [0.5, 0.6) is 0 Å². The zero-order valence-electron chi connectivity index (χ0n) is 8.82. The molecule has 1 saturated heterocycles. The SMILES string of the molecule is CC1(C)OC[C@H](CO)O1.CCC(=O)O. The number of hydrogen-bond donors (Lipinski definition) is 2. The Morgan fingerprint density at radius 1 is 1.57 bits per heavy atom. The van der Waals surface area contributed by atoms with Gasteiger partial charge in [-0.15, -0.1) is 0 Å². The number of hydrogen-bond acceptors (Lipinski definition) is 4. The van der Waals surface area contributed by atoms with Gasteiger partial charge in [-0.25, -0.2) is 0 Å². The lowest BCUT2D eigenvalue weighted by Crippen LogP contribution is -2.22. The molecule has 1 fully saturated rings. The Hall–Kier alpha value is -0.650. The number of aliphatic carboxylic acids is 1. The molecule has 0 bridgehead atoms. The summed E-state index contributed by atoms with van der Waals surface area (Å²) in [5, 5.41) is 16.3. The van der Waals surface area contributed by atoms with Gasteiger partial charge in [-0.05, 0) is 13.8 Å². The first-order valence-corrected chi connectivity index (χ1v) is 4.55. The molecule has 5 nitrogen and oxygen atoms in total. The standard InChI is InChI=1S/C6H12O3.C3H6O2/c1-6(2)8-4-5(3-7)9-6;1-2-3(4)5/h5,7H,3-4H2,1-2H3;2H2,1H3,(H,4,5)/t5-;/m0./s1. The molecule has 0 aliphatic carbocycles. The van der Waals surface area contributed by atoms with Crippen LogP contribution in [0.2, 0.25) is 0 Å². The smallest absolute Gasteiger partial charge is 0.303 e. The summed E-state index contributed by atoms with van der Waals surface area (Å²) in [6.45, 7) is 5.82. The minimum Gasteiger partial charge on any atom is -0.481 e. The highest BCUT2D eigenvalue weighted by Gasteiger charge is 2.31. The van der Waals surface area contributed by atoms with Crippen molar-refractivity contribution in [2.75, 3.05) is 13.2 Å². The van der Waals surface area contributed by atoms with E-state index in [1.54, 1.807) is 6.92 Å². The summed E-state index contributed by atoms with van der Waals surface area (Å²) in [4.78, 5) is 9.37. The van der Waals surface area contributed by atoms with Crippen molar-refractivity contribution in [3.63, 3.8) is 0 Å². The number of ether oxygens (including phenoxy) is 2. The molecule has 0 spiro atoms. The second kappa shape index (κ2) is 5.95. The first kappa shape index (κ1) is 13.4. The summed E-state index contributed by atoms with van der Waals surface area (Å²) in [7, 11) is 0. The monoisotopic (exact) mass is 206 g/mol. The van der Waals surface area contributed by atoms with Crippen molar-refractivity contribution in [2.45, 2.75) is 39.1 Å². The van der Waals surface area contributed by atoms with Crippen molar-refractivity contribution in [2.24, 2.45) is 0 Å². The van der Waals surface area contributed by atoms with E-state index in [1.165, 1.54) is 0 Å². The molecule has 0 radical (unpaired) electrons. The van der Waals surface area contributed by atoms with Crippen LogP contribution in [0, 0.1) is 0 Å². The molecule has 5 heteroatoms. The van der Waals surface area contributed by atoms with E-state index >= 15 is 0 Å². The minimum atomic E-state index is -0.745. The van der Waals surface area contributed by atoms with Gasteiger partial charge in [0.25, 0.3) is 0 Å². The summed E-state index contributed by atoms with van der Waals surface area (Å²) in [6, 6.07) is 0. The Morgan fingerprint density at radius 2 is 2.07 bits per heavy atom. The van der Waals surface area contributed by atoms with Crippen LogP contribution in [0.4, 0.5) is 0 Å². The largest absolute Gasteiger partial charge is 0.481 e. The zero-order valence-corrected chi connectivity index (χ0v) is 8.82. The van der Waals surface area contributed by atoms with Crippen LogP contribution in [-0.4, -0.2) is 41.3 Å². The molecule has 1 aliphatic heterocycles. The van der Waals surface area contributed by atoms with Crippen LogP contribution >= 0.6 is 0 Å². The quantitative estimate of drug-likeness (QED) is 0.692. The molecule has 0 aromatic rings. The summed E-state index contributed by atoms with van der Waals surface area (Å²) in [5.74, 6) is -1.24. The number of rotatable bonds is 2. The van der Waals surface area contributed by atoms with Gasteiger partial charge in [-0.1, -0.05) is 6.92 Å². The fourth-order valence-electron chi connectivity index (χ4n) is 0.853. The normalized spacial score (nSPS) is 23.9. The molecule has 14 heavy (non-hydrogen) atoms. The van der Waals surface area contributed by atoms with Crippen LogP contribution in [0.3, 0.4) is 0 Å². The summed E-state index contributed by atoms with van der Waals surface area (Å²) >= 11 is 0. The van der Waals surface area contributed by atoms with E-state index in [-0.39, 0.29) is 19.1 Å². The lowest BCUT2D eigenvalue weighted by Gasteiger charge is -2.15. The molecule has 1 aliphatic rings. The number of carbonyl (C=O) groups is 1. The molecule has 1 rings (SSSR count). The van der Waals surface area contributed by atoms with E-state index in [9.17, 15) is 4.79 Å². The minimum absolute atomic E-state index is 0.0451. The lowest BCUT2D eigenvalue weighted by molar-refractivity contribution is -0.142. The highest BCUT2D eigenvalue weighted by Crippen LogP contribution is 2.21. The topological polar surface area (TPSA) is 76.0 Å². The summed E-state index contributed by atoms with van der Waals surface area (Å²) in [6.07, 6.45) is 0.0972. The van der Waals surface area contributed by atoms with Crippen molar-refractivity contribution in [1.29, 1.82) is 0 Å². The van der Waals surface area contributed by atoms with Crippen molar-refractivity contribution in [3.8, 4) is 0 Å². The Labute approximate surface area is 83.6 Å². The predicted octanol–water partition coefficient (Wildman–Crippen LogP) is 0.611. The molecule has 0 unspecified atom stereocenters. The molecule has 2 N–H and O–H groups in total. The maximum absolute atomic E-state index is 9.37. The van der Waals surface area contributed by atoms with Crippen LogP contribution in [-0.2, 0) is 14.3 Å². The van der Waals surface area contributed by atoms with Crippen molar-refractivity contribution in [3.05, 3.63) is 0 Å². The van der Waals surface area contributed by atoms with Crippen molar-refractivity contribution >= 4 is 5.97 Å². The lowest BCUT2D eigenvalue weighted by atomic mass is 10.4. The van der Waals surface area contributed by atoms with Gasteiger partial charge in [-0.2, -0.15) is 0 Å². The number of aliphatic hydroxyl groups excluding tert-OH is 1. The molecular weight excluding hydrogens is 188 g/mol.